The zero-order chi connectivity index (χ0) is 18.5. The van der Waals surface area contributed by atoms with E-state index in [1.807, 2.05) is 44.2 Å². The van der Waals surface area contributed by atoms with Crippen LogP contribution >= 0.6 is 11.8 Å². The molecule has 26 heavy (non-hydrogen) atoms. The Morgan fingerprint density at radius 1 is 1.31 bits per heavy atom. The second-order valence-electron chi connectivity index (χ2n) is 6.48. The lowest BCUT2D eigenvalue weighted by Crippen LogP contribution is -2.32. The molecule has 0 spiro atoms. The lowest BCUT2D eigenvalue weighted by Gasteiger charge is -2.23. The quantitative estimate of drug-likeness (QED) is 0.742. The summed E-state index contributed by atoms with van der Waals surface area (Å²) in [6.45, 7) is 4.61. The summed E-state index contributed by atoms with van der Waals surface area (Å²) in [6, 6.07) is 12.1. The molecule has 4 nitrogen and oxygen atoms in total. The number of pyridine rings is 1. The molecular weight excluding hydrogens is 342 g/mol. The van der Waals surface area contributed by atoms with Gasteiger partial charge in [-0.2, -0.15) is 5.26 Å². The fourth-order valence-corrected chi connectivity index (χ4v) is 4.21. The molecule has 2 aromatic rings. The average Bonchev–Trinajstić information content (AvgIpc) is 2.67. The molecule has 5 heteroatoms. The Morgan fingerprint density at radius 2 is 2.08 bits per heavy atom. The van der Waals surface area contributed by atoms with Gasteiger partial charge in [0.1, 0.15) is 11.1 Å². The second kappa shape index (κ2) is 8.37. The molecule has 0 fully saturated rings. The zero-order valence-electron chi connectivity index (χ0n) is 15.3. The molecule has 0 N–H and O–H groups in total. The van der Waals surface area contributed by atoms with Crippen molar-refractivity contribution in [2.24, 2.45) is 0 Å². The van der Waals surface area contributed by atoms with Crippen molar-refractivity contribution in [1.82, 2.24) is 4.98 Å². The van der Waals surface area contributed by atoms with Gasteiger partial charge >= 0.3 is 0 Å². The van der Waals surface area contributed by atoms with Crippen molar-refractivity contribution in [3.05, 3.63) is 52.7 Å². The smallest absolute Gasteiger partial charge is 0.237 e. The van der Waals surface area contributed by atoms with Gasteiger partial charge in [0.25, 0.3) is 0 Å². The minimum atomic E-state index is 0.0372. The summed E-state index contributed by atoms with van der Waals surface area (Å²) in [5.41, 5.74) is 4.90. The Balaban J connectivity index is 1.77. The van der Waals surface area contributed by atoms with Crippen LogP contribution < -0.4 is 4.90 Å². The minimum absolute atomic E-state index is 0.0372. The van der Waals surface area contributed by atoms with Gasteiger partial charge in [-0.05, 0) is 62.8 Å². The van der Waals surface area contributed by atoms with Crippen LogP contribution in [0.25, 0.3) is 0 Å². The Bertz CT molecular complexity index is 857. The summed E-state index contributed by atoms with van der Waals surface area (Å²) in [6.07, 6.45) is 4.27. The van der Waals surface area contributed by atoms with Gasteiger partial charge in [0.05, 0.1) is 11.3 Å². The summed E-state index contributed by atoms with van der Waals surface area (Å²) in [7, 11) is 0. The number of thioether (sulfide) groups is 1. The molecule has 1 amide bonds. The highest BCUT2D eigenvalue weighted by Gasteiger charge is 2.19. The molecule has 0 radical (unpaired) electrons. The van der Waals surface area contributed by atoms with Gasteiger partial charge in [-0.25, -0.2) is 4.98 Å². The van der Waals surface area contributed by atoms with Crippen molar-refractivity contribution in [3.63, 3.8) is 0 Å². The molecule has 1 heterocycles. The number of carbonyl (C=O) groups is 1. The van der Waals surface area contributed by atoms with Crippen molar-refractivity contribution in [2.45, 2.75) is 44.6 Å². The van der Waals surface area contributed by atoms with Gasteiger partial charge in [-0.3, -0.25) is 4.79 Å². The van der Waals surface area contributed by atoms with E-state index in [0.717, 1.165) is 42.6 Å². The van der Waals surface area contributed by atoms with E-state index in [-0.39, 0.29) is 11.7 Å². The largest absolute Gasteiger partial charge is 0.312 e. The van der Waals surface area contributed by atoms with Crippen LogP contribution in [-0.2, 0) is 17.6 Å². The molecule has 134 valence electrons. The summed E-state index contributed by atoms with van der Waals surface area (Å²) in [5.74, 6) is 0.318. The molecule has 0 atom stereocenters. The fourth-order valence-electron chi connectivity index (χ4n) is 3.36. The van der Waals surface area contributed by atoms with E-state index in [4.69, 9.17) is 4.98 Å². The van der Waals surface area contributed by atoms with Crippen LogP contribution in [-0.4, -0.2) is 23.2 Å². The number of nitrogens with zero attached hydrogens (tertiary/aromatic N) is 3. The van der Waals surface area contributed by atoms with E-state index in [1.54, 1.807) is 4.90 Å². The number of para-hydroxylation sites is 1. The van der Waals surface area contributed by atoms with Crippen LogP contribution in [0.5, 0.6) is 0 Å². The van der Waals surface area contributed by atoms with Crippen LogP contribution in [0, 0.1) is 18.3 Å². The standard InChI is InChI=1S/C21H23N3OS/c1-3-24(19-11-7-4-8-15(19)2)20(25)14-26-21-17(13-22)12-16-9-5-6-10-18(16)23-21/h4,7-8,11-12H,3,5-6,9-10,14H2,1-2H3. The Kier molecular flexibility index (Phi) is 5.95. The first-order valence-corrected chi connectivity index (χ1v) is 10.0. The molecule has 0 unspecified atom stereocenters. The number of hydrogen-bond acceptors (Lipinski definition) is 4. The van der Waals surface area contributed by atoms with Crippen molar-refractivity contribution in [3.8, 4) is 6.07 Å². The maximum absolute atomic E-state index is 12.8. The maximum Gasteiger partial charge on any atom is 0.237 e. The molecule has 1 aromatic heterocycles. The van der Waals surface area contributed by atoms with E-state index in [2.05, 4.69) is 6.07 Å². The molecule has 1 aromatic carbocycles. The normalized spacial score (nSPS) is 13.0. The molecule has 3 rings (SSSR count). The van der Waals surface area contributed by atoms with E-state index in [0.29, 0.717) is 17.1 Å². The van der Waals surface area contributed by atoms with E-state index in [1.165, 1.54) is 17.3 Å². The van der Waals surface area contributed by atoms with Crippen LogP contribution in [0.15, 0.2) is 35.4 Å². The van der Waals surface area contributed by atoms with Crippen molar-refractivity contribution >= 4 is 23.4 Å². The number of amides is 1. The minimum Gasteiger partial charge on any atom is -0.312 e. The maximum atomic E-state index is 12.8. The summed E-state index contributed by atoms with van der Waals surface area (Å²) in [5, 5.41) is 10.1. The van der Waals surface area contributed by atoms with Gasteiger partial charge in [0.15, 0.2) is 0 Å². The first kappa shape index (κ1) is 18.5. The highest BCUT2D eigenvalue weighted by Crippen LogP contribution is 2.28. The number of fused-ring (bicyclic) bond motifs is 1. The third-order valence-electron chi connectivity index (χ3n) is 4.74. The molecule has 1 aliphatic carbocycles. The predicted octanol–water partition coefficient (Wildman–Crippen LogP) is 4.29. The third kappa shape index (κ3) is 3.91. The van der Waals surface area contributed by atoms with Gasteiger partial charge in [0, 0.05) is 17.9 Å². The second-order valence-corrected chi connectivity index (χ2v) is 7.44. The zero-order valence-corrected chi connectivity index (χ0v) is 16.1. The van der Waals surface area contributed by atoms with Crippen molar-refractivity contribution in [2.75, 3.05) is 17.2 Å². The SMILES string of the molecule is CCN(C(=O)CSc1nc2c(cc1C#N)CCCC2)c1ccccc1C. The monoisotopic (exact) mass is 365 g/mol. The van der Waals surface area contributed by atoms with Gasteiger partial charge in [-0.1, -0.05) is 30.0 Å². The number of nitriles is 1. The van der Waals surface area contributed by atoms with Gasteiger partial charge < -0.3 is 4.90 Å². The number of rotatable bonds is 5. The number of carbonyl (C=O) groups excluding carboxylic acids is 1. The summed E-state index contributed by atoms with van der Waals surface area (Å²) < 4.78 is 0. The number of aromatic nitrogens is 1. The molecule has 0 aliphatic heterocycles. The Labute approximate surface area is 159 Å². The highest BCUT2D eigenvalue weighted by molar-refractivity contribution is 8.00. The summed E-state index contributed by atoms with van der Waals surface area (Å²) in [4.78, 5) is 19.3. The van der Waals surface area contributed by atoms with Crippen molar-refractivity contribution < 1.29 is 4.79 Å². The van der Waals surface area contributed by atoms with E-state index in [9.17, 15) is 10.1 Å². The van der Waals surface area contributed by atoms with Crippen LogP contribution in [0.4, 0.5) is 5.69 Å². The highest BCUT2D eigenvalue weighted by atomic mass is 32.2. The van der Waals surface area contributed by atoms with E-state index < -0.39 is 0 Å². The number of anilines is 1. The van der Waals surface area contributed by atoms with Gasteiger partial charge in [-0.15, -0.1) is 0 Å². The Morgan fingerprint density at radius 3 is 2.81 bits per heavy atom. The molecular formula is C21H23N3OS. The third-order valence-corrected chi connectivity index (χ3v) is 5.72. The number of benzene rings is 1. The average molecular weight is 366 g/mol. The number of hydrogen-bond donors (Lipinski definition) is 0. The molecule has 0 bridgehead atoms. The predicted molar refractivity (Wildman–Crippen MR) is 106 cm³/mol. The van der Waals surface area contributed by atoms with E-state index >= 15 is 0 Å². The van der Waals surface area contributed by atoms with Crippen LogP contribution in [0.3, 0.4) is 0 Å². The molecule has 0 saturated carbocycles. The topological polar surface area (TPSA) is 57.0 Å². The first-order chi connectivity index (χ1) is 12.6. The lowest BCUT2D eigenvalue weighted by molar-refractivity contribution is -0.116. The van der Waals surface area contributed by atoms with Crippen LogP contribution in [0.2, 0.25) is 0 Å². The first-order valence-electron chi connectivity index (χ1n) is 9.05. The van der Waals surface area contributed by atoms with Gasteiger partial charge in [0.2, 0.25) is 5.91 Å². The Hall–Kier alpha value is -2.32. The molecule has 0 saturated heterocycles. The van der Waals surface area contributed by atoms with Crippen LogP contribution in [0.1, 0.15) is 42.1 Å². The summed E-state index contributed by atoms with van der Waals surface area (Å²) >= 11 is 1.37. The number of aryl methyl sites for hydroxylation is 3. The van der Waals surface area contributed by atoms with Crippen molar-refractivity contribution in [1.29, 1.82) is 5.26 Å². The fraction of sp³-hybridized carbons (Fsp3) is 0.381. The molecule has 1 aliphatic rings. The lowest BCUT2D eigenvalue weighted by atomic mass is 9.95.